The van der Waals surface area contributed by atoms with Crippen LogP contribution in [0.25, 0.3) is 0 Å². The zero-order chi connectivity index (χ0) is 18.2. The number of hydrogen-bond acceptors (Lipinski definition) is 2. The lowest BCUT2D eigenvalue weighted by molar-refractivity contribution is -0.143. The van der Waals surface area contributed by atoms with Gasteiger partial charge in [0.2, 0.25) is 0 Å². The smallest absolute Gasteiger partial charge is 0.388 e. The van der Waals surface area contributed by atoms with Gasteiger partial charge in [-0.15, -0.1) is 12.4 Å². The highest BCUT2D eigenvalue weighted by atomic mass is 35.5. The SMILES string of the molecule is CC(C)(C)[C@@H](N)C[C@@H](O)c1cc(C(F)(F)F)cc(C(F)(F)F)c1.Cl. The van der Waals surface area contributed by atoms with Crippen molar-refractivity contribution in [3.63, 3.8) is 0 Å². The first-order valence-corrected chi connectivity index (χ1v) is 6.85. The summed E-state index contributed by atoms with van der Waals surface area (Å²) in [6.45, 7) is 5.28. The predicted octanol–water partition coefficient (Wildman–Crippen LogP) is 4.94. The van der Waals surface area contributed by atoms with Gasteiger partial charge in [-0.1, -0.05) is 20.8 Å². The molecular formula is C15H20ClF6NO. The lowest BCUT2D eigenvalue weighted by Crippen LogP contribution is -2.36. The Bertz CT molecular complexity index is 518. The lowest BCUT2D eigenvalue weighted by Gasteiger charge is -2.29. The second kappa shape index (κ2) is 7.49. The fourth-order valence-electron chi connectivity index (χ4n) is 1.90. The minimum atomic E-state index is -4.94. The first-order valence-electron chi connectivity index (χ1n) is 6.85. The number of aliphatic hydroxyl groups is 1. The van der Waals surface area contributed by atoms with Crippen LogP contribution in [0, 0.1) is 5.41 Å². The van der Waals surface area contributed by atoms with Crippen molar-refractivity contribution in [2.45, 2.75) is 51.7 Å². The molecule has 24 heavy (non-hydrogen) atoms. The standard InChI is InChI=1S/C15H19F6NO.ClH/c1-13(2,3)12(22)7-11(23)8-4-9(14(16,17)18)6-10(5-8)15(19,20)21;/h4-6,11-12,23H,7,22H2,1-3H3;1H/t11-,12+;/m1./s1. The van der Waals surface area contributed by atoms with Gasteiger partial charge in [-0.05, 0) is 35.6 Å². The zero-order valence-corrected chi connectivity index (χ0v) is 14.1. The molecule has 0 saturated carbocycles. The molecule has 0 aliphatic rings. The molecule has 0 heterocycles. The molecule has 0 bridgehead atoms. The molecule has 1 rings (SSSR count). The first-order chi connectivity index (χ1) is 10.1. The van der Waals surface area contributed by atoms with E-state index >= 15 is 0 Å². The number of alkyl halides is 6. The molecule has 2 atom stereocenters. The average Bonchev–Trinajstić information content (AvgIpc) is 2.34. The minimum Gasteiger partial charge on any atom is -0.388 e. The number of halogens is 7. The van der Waals surface area contributed by atoms with Crippen molar-refractivity contribution in [3.05, 3.63) is 34.9 Å². The van der Waals surface area contributed by atoms with E-state index in [-0.39, 0.29) is 24.9 Å². The van der Waals surface area contributed by atoms with Crippen LogP contribution in [0.2, 0.25) is 0 Å². The molecule has 9 heteroatoms. The van der Waals surface area contributed by atoms with Crippen LogP contribution < -0.4 is 5.73 Å². The van der Waals surface area contributed by atoms with Crippen LogP contribution >= 0.6 is 12.4 Å². The molecule has 0 aliphatic heterocycles. The van der Waals surface area contributed by atoms with Crippen molar-refractivity contribution in [3.8, 4) is 0 Å². The van der Waals surface area contributed by atoms with Crippen molar-refractivity contribution >= 4 is 12.4 Å². The molecule has 0 radical (unpaired) electrons. The van der Waals surface area contributed by atoms with E-state index in [1.54, 1.807) is 20.8 Å². The number of benzene rings is 1. The zero-order valence-electron chi connectivity index (χ0n) is 13.3. The maximum absolute atomic E-state index is 12.8. The highest BCUT2D eigenvalue weighted by Crippen LogP contribution is 2.38. The maximum Gasteiger partial charge on any atom is 0.416 e. The van der Waals surface area contributed by atoms with Crippen LogP contribution in [0.4, 0.5) is 26.3 Å². The van der Waals surface area contributed by atoms with Crippen LogP contribution in [-0.2, 0) is 12.4 Å². The second-order valence-corrected chi connectivity index (χ2v) is 6.56. The van der Waals surface area contributed by atoms with E-state index in [0.29, 0.717) is 12.1 Å². The molecule has 0 aliphatic carbocycles. The molecule has 0 amide bonds. The van der Waals surface area contributed by atoms with Crippen LogP contribution in [0.5, 0.6) is 0 Å². The van der Waals surface area contributed by atoms with Crippen molar-refractivity contribution in [2.24, 2.45) is 11.1 Å². The van der Waals surface area contributed by atoms with Crippen LogP contribution in [0.3, 0.4) is 0 Å². The van der Waals surface area contributed by atoms with E-state index in [1.165, 1.54) is 0 Å². The van der Waals surface area contributed by atoms with Crippen LogP contribution in [0.1, 0.15) is 50.0 Å². The Labute approximate surface area is 142 Å². The highest BCUT2D eigenvalue weighted by Gasteiger charge is 2.37. The Hall–Kier alpha value is -0.990. The molecule has 1 aromatic carbocycles. The van der Waals surface area contributed by atoms with Gasteiger partial charge in [0.25, 0.3) is 0 Å². The Kier molecular flexibility index (Phi) is 7.18. The Morgan fingerprint density at radius 3 is 1.58 bits per heavy atom. The monoisotopic (exact) mass is 379 g/mol. The van der Waals surface area contributed by atoms with E-state index in [0.717, 1.165) is 0 Å². The van der Waals surface area contributed by atoms with Gasteiger partial charge in [-0.3, -0.25) is 0 Å². The first kappa shape index (κ1) is 23.0. The Morgan fingerprint density at radius 1 is 0.917 bits per heavy atom. The van der Waals surface area contributed by atoms with E-state index in [1.807, 2.05) is 0 Å². The third-order valence-corrected chi connectivity index (χ3v) is 3.58. The number of aliphatic hydroxyl groups excluding tert-OH is 1. The molecule has 2 nitrogen and oxygen atoms in total. The van der Waals surface area contributed by atoms with Gasteiger partial charge < -0.3 is 10.8 Å². The van der Waals surface area contributed by atoms with Crippen molar-refractivity contribution in [2.75, 3.05) is 0 Å². The summed E-state index contributed by atoms with van der Waals surface area (Å²) in [6.07, 6.45) is -11.6. The van der Waals surface area contributed by atoms with Gasteiger partial charge in [-0.2, -0.15) is 26.3 Å². The number of rotatable bonds is 3. The fourth-order valence-corrected chi connectivity index (χ4v) is 1.90. The number of nitrogens with two attached hydrogens (primary N) is 1. The molecular weight excluding hydrogens is 360 g/mol. The van der Waals surface area contributed by atoms with Crippen LogP contribution in [-0.4, -0.2) is 11.1 Å². The summed E-state index contributed by atoms with van der Waals surface area (Å²) in [5.74, 6) is 0. The quantitative estimate of drug-likeness (QED) is 0.730. The van der Waals surface area contributed by atoms with Gasteiger partial charge in [0, 0.05) is 6.04 Å². The predicted molar refractivity (Wildman–Crippen MR) is 80.7 cm³/mol. The maximum atomic E-state index is 12.8. The summed E-state index contributed by atoms with van der Waals surface area (Å²) in [4.78, 5) is 0. The van der Waals surface area contributed by atoms with Gasteiger partial charge in [-0.25, -0.2) is 0 Å². The Morgan fingerprint density at radius 2 is 1.29 bits per heavy atom. The summed E-state index contributed by atoms with van der Waals surface area (Å²) in [5.41, 5.74) is 2.03. The largest absolute Gasteiger partial charge is 0.416 e. The highest BCUT2D eigenvalue weighted by molar-refractivity contribution is 5.85. The summed E-state index contributed by atoms with van der Waals surface area (Å²) < 4.78 is 76.7. The van der Waals surface area contributed by atoms with Crippen molar-refractivity contribution in [1.82, 2.24) is 0 Å². The van der Waals surface area contributed by atoms with Crippen molar-refractivity contribution in [1.29, 1.82) is 0 Å². The molecule has 1 aromatic rings. The third kappa shape index (κ3) is 6.14. The lowest BCUT2D eigenvalue weighted by atomic mass is 9.83. The molecule has 140 valence electrons. The molecule has 0 unspecified atom stereocenters. The van der Waals surface area contributed by atoms with E-state index in [4.69, 9.17) is 5.73 Å². The van der Waals surface area contributed by atoms with Gasteiger partial charge >= 0.3 is 12.4 Å². The topological polar surface area (TPSA) is 46.2 Å². The molecule has 3 N–H and O–H groups in total. The minimum absolute atomic E-state index is 0. The van der Waals surface area contributed by atoms with Gasteiger partial charge in [0.1, 0.15) is 0 Å². The summed E-state index contributed by atoms with van der Waals surface area (Å²) >= 11 is 0. The molecule has 0 aromatic heterocycles. The van der Waals surface area contributed by atoms with Crippen molar-refractivity contribution < 1.29 is 31.4 Å². The molecule has 0 fully saturated rings. The van der Waals surface area contributed by atoms with Crippen LogP contribution in [0.15, 0.2) is 18.2 Å². The third-order valence-electron chi connectivity index (χ3n) is 3.58. The summed E-state index contributed by atoms with van der Waals surface area (Å²) in [7, 11) is 0. The normalized spacial score (nSPS) is 15.6. The number of hydrogen-bond donors (Lipinski definition) is 2. The van der Waals surface area contributed by atoms with Gasteiger partial charge in [0.15, 0.2) is 0 Å². The Balaban J connectivity index is 0.00000529. The van der Waals surface area contributed by atoms with E-state index < -0.39 is 46.6 Å². The summed E-state index contributed by atoms with van der Waals surface area (Å²) in [6, 6.07) is 0.478. The van der Waals surface area contributed by atoms with E-state index in [9.17, 15) is 31.4 Å². The van der Waals surface area contributed by atoms with E-state index in [2.05, 4.69) is 0 Å². The average molecular weight is 380 g/mol. The fraction of sp³-hybridized carbons (Fsp3) is 0.600. The summed E-state index contributed by atoms with van der Waals surface area (Å²) in [5, 5.41) is 10.0. The molecule has 0 spiro atoms. The molecule has 0 saturated heterocycles. The van der Waals surface area contributed by atoms with Gasteiger partial charge in [0.05, 0.1) is 17.2 Å². The second-order valence-electron chi connectivity index (χ2n) is 6.56.